The van der Waals surface area contributed by atoms with Crippen molar-refractivity contribution in [3.05, 3.63) is 71.8 Å². The minimum absolute atomic E-state index is 0.228. The van der Waals surface area contributed by atoms with Crippen LogP contribution in [0.15, 0.2) is 60.7 Å². The fraction of sp³-hybridized carbons (Fsp3) is 0.222. The molecule has 0 unspecified atom stereocenters. The second kappa shape index (κ2) is 8.62. The van der Waals surface area contributed by atoms with E-state index in [1.54, 1.807) is 4.90 Å². The molecule has 2 aromatic rings. The van der Waals surface area contributed by atoms with E-state index in [1.807, 2.05) is 60.7 Å². The maximum atomic E-state index is 12.2. The Bertz CT molecular complexity index is 584. The summed E-state index contributed by atoms with van der Waals surface area (Å²) in [6, 6.07) is 19.2. The van der Waals surface area contributed by atoms with Crippen LogP contribution >= 0.6 is 0 Å². The standard InChI is InChI=1S/C18H19NO3/c20-13-7-12-19(14-16-8-3-1-4-9-16)18(21)22-15-17-10-5-2-6-11-17/h1-6,8-11,13H,7,12,14-15H2. The van der Waals surface area contributed by atoms with Crippen molar-refractivity contribution in [1.29, 1.82) is 0 Å². The first-order valence-electron chi connectivity index (χ1n) is 7.23. The van der Waals surface area contributed by atoms with Crippen LogP contribution < -0.4 is 0 Å². The van der Waals surface area contributed by atoms with Crippen LogP contribution in [0, 0.1) is 0 Å². The lowest BCUT2D eigenvalue weighted by Gasteiger charge is -2.21. The molecule has 0 bridgehead atoms. The van der Waals surface area contributed by atoms with E-state index in [4.69, 9.17) is 4.74 Å². The maximum absolute atomic E-state index is 12.2. The largest absolute Gasteiger partial charge is 0.445 e. The van der Waals surface area contributed by atoms with Gasteiger partial charge in [-0.1, -0.05) is 60.7 Å². The Morgan fingerprint density at radius 1 is 0.955 bits per heavy atom. The topological polar surface area (TPSA) is 46.6 Å². The summed E-state index contributed by atoms with van der Waals surface area (Å²) in [5.41, 5.74) is 1.94. The van der Waals surface area contributed by atoms with Crippen LogP contribution in [0.25, 0.3) is 0 Å². The van der Waals surface area contributed by atoms with E-state index in [1.165, 1.54) is 0 Å². The Labute approximate surface area is 130 Å². The average Bonchev–Trinajstić information content (AvgIpc) is 2.58. The van der Waals surface area contributed by atoms with Crippen LogP contribution in [-0.4, -0.2) is 23.8 Å². The third-order valence-electron chi connectivity index (χ3n) is 3.20. The lowest BCUT2D eigenvalue weighted by Crippen LogP contribution is -2.32. The molecule has 2 aromatic carbocycles. The van der Waals surface area contributed by atoms with Gasteiger partial charge in [0.15, 0.2) is 0 Å². The van der Waals surface area contributed by atoms with E-state index in [-0.39, 0.29) is 6.61 Å². The molecule has 4 heteroatoms. The third kappa shape index (κ3) is 5.05. The molecule has 0 aliphatic carbocycles. The summed E-state index contributed by atoms with van der Waals surface area (Å²) in [5.74, 6) is 0. The number of carbonyl (C=O) groups is 2. The number of ether oxygens (including phenoxy) is 1. The van der Waals surface area contributed by atoms with Gasteiger partial charge >= 0.3 is 6.09 Å². The Morgan fingerprint density at radius 3 is 2.14 bits per heavy atom. The number of hydrogen-bond acceptors (Lipinski definition) is 3. The predicted octanol–water partition coefficient (Wildman–Crippen LogP) is 3.41. The molecule has 22 heavy (non-hydrogen) atoms. The first-order chi connectivity index (χ1) is 10.8. The number of aldehydes is 1. The van der Waals surface area contributed by atoms with Crippen LogP contribution in [0.2, 0.25) is 0 Å². The lowest BCUT2D eigenvalue weighted by atomic mass is 10.2. The SMILES string of the molecule is O=CCCN(Cc1ccccc1)C(=O)OCc1ccccc1. The van der Waals surface area contributed by atoms with Crippen LogP contribution in [0.4, 0.5) is 4.79 Å². The molecule has 0 aromatic heterocycles. The number of nitrogens with zero attached hydrogens (tertiary/aromatic N) is 1. The van der Waals surface area contributed by atoms with Gasteiger partial charge in [0.2, 0.25) is 0 Å². The summed E-state index contributed by atoms with van der Waals surface area (Å²) in [7, 11) is 0. The highest BCUT2D eigenvalue weighted by Crippen LogP contribution is 2.08. The predicted molar refractivity (Wildman–Crippen MR) is 84.2 cm³/mol. The highest BCUT2D eigenvalue weighted by Gasteiger charge is 2.15. The van der Waals surface area contributed by atoms with Gasteiger partial charge < -0.3 is 14.4 Å². The Morgan fingerprint density at radius 2 is 1.55 bits per heavy atom. The summed E-state index contributed by atoms with van der Waals surface area (Å²) in [6.45, 7) is 1.01. The van der Waals surface area contributed by atoms with E-state index in [0.29, 0.717) is 19.5 Å². The molecule has 2 rings (SSSR count). The molecule has 0 atom stereocenters. The molecule has 0 aliphatic rings. The van der Waals surface area contributed by atoms with E-state index in [0.717, 1.165) is 17.4 Å². The summed E-state index contributed by atoms with van der Waals surface area (Å²) in [5, 5.41) is 0. The van der Waals surface area contributed by atoms with Crippen molar-refractivity contribution in [2.45, 2.75) is 19.6 Å². The zero-order valence-corrected chi connectivity index (χ0v) is 12.4. The van der Waals surface area contributed by atoms with Gasteiger partial charge in [-0.3, -0.25) is 0 Å². The number of amides is 1. The van der Waals surface area contributed by atoms with E-state index in [9.17, 15) is 9.59 Å². The van der Waals surface area contributed by atoms with Gasteiger partial charge in [0.05, 0.1) is 0 Å². The van der Waals surface area contributed by atoms with Crippen LogP contribution in [0.5, 0.6) is 0 Å². The highest BCUT2D eigenvalue weighted by atomic mass is 16.6. The summed E-state index contributed by atoms with van der Waals surface area (Å²) in [4.78, 5) is 24.3. The summed E-state index contributed by atoms with van der Waals surface area (Å²) in [6.07, 6.45) is 0.699. The van der Waals surface area contributed by atoms with Gasteiger partial charge in [0.1, 0.15) is 12.9 Å². The zero-order valence-electron chi connectivity index (χ0n) is 12.4. The number of benzene rings is 2. The van der Waals surface area contributed by atoms with Crippen molar-refractivity contribution < 1.29 is 14.3 Å². The van der Waals surface area contributed by atoms with Crippen molar-refractivity contribution in [2.24, 2.45) is 0 Å². The van der Waals surface area contributed by atoms with Crippen molar-refractivity contribution >= 4 is 12.4 Å². The molecule has 1 amide bonds. The normalized spacial score (nSPS) is 10.0. The first-order valence-corrected chi connectivity index (χ1v) is 7.23. The van der Waals surface area contributed by atoms with Crippen molar-refractivity contribution in [3.8, 4) is 0 Å². The zero-order chi connectivity index (χ0) is 15.6. The van der Waals surface area contributed by atoms with Crippen molar-refractivity contribution in [3.63, 3.8) is 0 Å². The molecule has 0 fully saturated rings. The molecule has 0 saturated carbocycles. The van der Waals surface area contributed by atoms with Crippen LogP contribution in [-0.2, 0) is 22.7 Å². The minimum Gasteiger partial charge on any atom is -0.445 e. The van der Waals surface area contributed by atoms with Gasteiger partial charge in [-0.05, 0) is 11.1 Å². The molecule has 114 valence electrons. The molecule has 0 radical (unpaired) electrons. The maximum Gasteiger partial charge on any atom is 0.410 e. The second-order valence-corrected chi connectivity index (χ2v) is 4.90. The molecule has 0 N–H and O–H groups in total. The minimum atomic E-state index is -0.408. The van der Waals surface area contributed by atoms with E-state index < -0.39 is 6.09 Å². The van der Waals surface area contributed by atoms with E-state index >= 15 is 0 Å². The molecule has 4 nitrogen and oxygen atoms in total. The fourth-order valence-corrected chi connectivity index (χ4v) is 2.06. The lowest BCUT2D eigenvalue weighted by molar-refractivity contribution is -0.108. The van der Waals surface area contributed by atoms with Gasteiger partial charge in [-0.25, -0.2) is 4.79 Å². The van der Waals surface area contributed by atoms with E-state index in [2.05, 4.69) is 0 Å². The first kappa shape index (κ1) is 15.8. The Balaban J connectivity index is 1.95. The van der Waals surface area contributed by atoms with Gasteiger partial charge in [0, 0.05) is 19.5 Å². The Hall–Kier alpha value is -2.62. The van der Waals surface area contributed by atoms with Crippen molar-refractivity contribution in [2.75, 3.05) is 6.54 Å². The van der Waals surface area contributed by atoms with Gasteiger partial charge in [-0.2, -0.15) is 0 Å². The van der Waals surface area contributed by atoms with Crippen LogP contribution in [0.1, 0.15) is 17.5 Å². The average molecular weight is 297 g/mol. The van der Waals surface area contributed by atoms with Crippen LogP contribution in [0.3, 0.4) is 0 Å². The summed E-state index contributed by atoms with van der Waals surface area (Å²) < 4.78 is 5.33. The Kier molecular flexibility index (Phi) is 6.18. The second-order valence-electron chi connectivity index (χ2n) is 4.90. The highest BCUT2D eigenvalue weighted by molar-refractivity contribution is 5.68. The van der Waals surface area contributed by atoms with Gasteiger partial charge in [0.25, 0.3) is 0 Å². The third-order valence-corrected chi connectivity index (χ3v) is 3.20. The molecular formula is C18H19NO3. The fourth-order valence-electron chi connectivity index (χ4n) is 2.06. The summed E-state index contributed by atoms with van der Waals surface area (Å²) >= 11 is 0. The number of rotatable bonds is 7. The van der Waals surface area contributed by atoms with Crippen molar-refractivity contribution in [1.82, 2.24) is 4.90 Å². The number of carbonyl (C=O) groups excluding carboxylic acids is 2. The molecular weight excluding hydrogens is 278 g/mol. The monoisotopic (exact) mass is 297 g/mol. The molecule has 0 saturated heterocycles. The molecule has 0 spiro atoms. The molecule has 0 heterocycles. The smallest absolute Gasteiger partial charge is 0.410 e. The quantitative estimate of drug-likeness (QED) is 0.736. The molecule has 0 aliphatic heterocycles. The van der Waals surface area contributed by atoms with Gasteiger partial charge in [-0.15, -0.1) is 0 Å². The number of hydrogen-bond donors (Lipinski definition) is 0.